The van der Waals surface area contributed by atoms with Crippen LogP contribution in [0.5, 0.6) is 0 Å². The summed E-state index contributed by atoms with van der Waals surface area (Å²) in [6.45, 7) is 7.72. The molecule has 18 heavy (non-hydrogen) atoms. The quantitative estimate of drug-likeness (QED) is 0.622. The first-order valence-corrected chi connectivity index (χ1v) is 6.41. The summed E-state index contributed by atoms with van der Waals surface area (Å²) in [7, 11) is 0. The van der Waals surface area contributed by atoms with Crippen molar-refractivity contribution in [2.45, 2.75) is 33.2 Å². The van der Waals surface area contributed by atoms with E-state index in [0.717, 1.165) is 24.5 Å². The summed E-state index contributed by atoms with van der Waals surface area (Å²) in [5.41, 5.74) is 1.10. The molecule has 0 unspecified atom stereocenters. The van der Waals surface area contributed by atoms with Gasteiger partial charge in [-0.05, 0) is 44.9 Å². The van der Waals surface area contributed by atoms with Crippen LogP contribution >= 0.6 is 0 Å². The van der Waals surface area contributed by atoms with Crippen molar-refractivity contribution in [2.24, 2.45) is 4.99 Å². The molecule has 1 aromatic rings. The van der Waals surface area contributed by atoms with Crippen molar-refractivity contribution in [1.82, 2.24) is 10.6 Å². The number of halogens is 1. The van der Waals surface area contributed by atoms with Crippen molar-refractivity contribution in [3.05, 3.63) is 35.6 Å². The fraction of sp³-hybridized carbons (Fsp3) is 0.500. The molecule has 0 aliphatic carbocycles. The second kappa shape index (κ2) is 7.69. The van der Waals surface area contributed by atoms with Crippen molar-refractivity contribution in [3.8, 4) is 0 Å². The van der Waals surface area contributed by atoms with Crippen LogP contribution in [-0.2, 0) is 6.42 Å². The van der Waals surface area contributed by atoms with Gasteiger partial charge < -0.3 is 10.6 Å². The molecule has 0 radical (unpaired) electrons. The minimum atomic E-state index is -0.197. The Labute approximate surface area is 109 Å². The van der Waals surface area contributed by atoms with Crippen LogP contribution < -0.4 is 10.6 Å². The lowest BCUT2D eigenvalue weighted by molar-refractivity contribution is 0.627. The van der Waals surface area contributed by atoms with Crippen LogP contribution in [0, 0.1) is 5.82 Å². The number of rotatable bonds is 5. The van der Waals surface area contributed by atoms with E-state index in [1.54, 1.807) is 12.1 Å². The zero-order valence-electron chi connectivity index (χ0n) is 11.3. The summed E-state index contributed by atoms with van der Waals surface area (Å²) in [6, 6.07) is 6.92. The van der Waals surface area contributed by atoms with E-state index in [0.29, 0.717) is 12.6 Å². The lowest BCUT2D eigenvalue weighted by atomic mass is 10.1. The van der Waals surface area contributed by atoms with E-state index in [-0.39, 0.29) is 5.82 Å². The first kappa shape index (κ1) is 14.5. The van der Waals surface area contributed by atoms with Crippen LogP contribution in [0.1, 0.15) is 26.3 Å². The van der Waals surface area contributed by atoms with Crippen molar-refractivity contribution in [1.29, 1.82) is 0 Å². The van der Waals surface area contributed by atoms with Gasteiger partial charge in [0.2, 0.25) is 0 Å². The summed E-state index contributed by atoms with van der Waals surface area (Å²) in [6.07, 6.45) is 0.814. The van der Waals surface area contributed by atoms with Crippen molar-refractivity contribution >= 4 is 5.96 Å². The molecule has 0 bridgehead atoms. The summed E-state index contributed by atoms with van der Waals surface area (Å²) in [4.78, 5) is 4.47. The molecule has 4 heteroatoms. The van der Waals surface area contributed by atoms with E-state index in [1.807, 2.05) is 6.92 Å². The molecule has 0 saturated heterocycles. The molecule has 0 amide bonds. The average molecular weight is 251 g/mol. The van der Waals surface area contributed by atoms with Crippen LogP contribution in [0.15, 0.2) is 29.3 Å². The van der Waals surface area contributed by atoms with E-state index >= 15 is 0 Å². The molecule has 100 valence electrons. The van der Waals surface area contributed by atoms with Crippen LogP contribution in [-0.4, -0.2) is 25.1 Å². The Morgan fingerprint density at radius 2 is 1.94 bits per heavy atom. The lowest BCUT2D eigenvalue weighted by Gasteiger charge is -2.13. The highest BCUT2D eigenvalue weighted by Gasteiger charge is 1.99. The topological polar surface area (TPSA) is 36.4 Å². The molecule has 0 spiro atoms. The van der Waals surface area contributed by atoms with Gasteiger partial charge in [-0.1, -0.05) is 12.1 Å². The van der Waals surface area contributed by atoms with Crippen molar-refractivity contribution < 1.29 is 4.39 Å². The number of nitrogens with zero attached hydrogens (tertiary/aromatic N) is 1. The lowest BCUT2D eigenvalue weighted by Crippen LogP contribution is -2.41. The van der Waals surface area contributed by atoms with Gasteiger partial charge in [0.05, 0.1) is 0 Å². The molecule has 0 aliphatic rings. The normalized spacial score (nSPS) is 11.7. The molecule has 0 fully saturated rings. The SMILES string of the molecule is CCNC(=NCCc1ccc(F)cc1)NC(C)C. The van der Waals surface area contributed by atoms with Gasteiger partial charge in [0.15, 0.2) is 5.96 Å². The number of nitrogens with one attached hydrogen (secondary N) is 2. The first-order chi connectivity index (χ1) is 8.61. The minimum absolute atomic E-state index is 0.197. The van der Waals surface area contributed by atoms with Gasteiger partial charge in [-0.3, -0.25) is 4.99 Å². The van der Waals surface area contributed by atoms with Crippen LogP contribution in [0.3, 0.4) is 0 Å². The molecule has 0 aliphatic heterocycles. The average Bonchev–Trinajstić information content (AvgIpc) is 2.31. The van der Waals surface area contributed by atoms with E-state index in [4.69, 9.17) is 0 Å². The van der Waals surface area contributed by atoms with Gasteiger partial charge in [0.1, 0.15) is 5.82 Å². The van der Waals surface area contributed by atoms with Gasteiger partial charge in [-0.25, -0.2) is 4.39 Å². The highest BCUT2D eigenvalue weighted by molar-refractivity contribution is 5.79. The molecule has 0 heterocycles. The molecule has 2 N–H and O–H groups in total. The Morgan fingerprint density at radius 3 is 2.50 bits per heavy atom. The Balaban J connectivity index is 2.47. The zero-order valence-corrected chi connectivity index (χ0v) is 11.3. The third-order valence-corrected chi connectivity index (χ3v) is 2.35. The standard InChI is InChI=1S/C14H22FN3/c1-4-16-14(18-11(2)3)17-10-9-12-5-7-13(15)8-6-12/h5-8,11H,4,9-10H2,1-3H3,(H2,16,17,18). The molecule has 0 atom stereocenters. The summed E-state index contributed by atoms with van der Waals surface area (Å²) < 4.78 is 12.7. The zero-order chi connectivity index (χ0) is 13.4. The van der Waals surface area contributed by atoms with E-state index < -0.39 is 0 Å². The third kappa shape index (κ3) is 5.66. The summed E-state index contributed by atoms with van der Waals surface area (Å²) >= 11 is 0. The predicted molar refractivity (Wildman–Crippen MR) is 74.4 cm³/mol. The van der Waals surface area contributed by atoms with Gasteiger partial charge >= 0.3 is 0 Å². The summed E-state index contributed by atoms with van der Waals surface area (Å²) in [5.74, 6) is 0.631. The number of hydrogen-bond donors (Lipinski definition) is 2. The molecule has 0 aromatic heterocycles. The van der Waals surface area contributed by atoms with E-state index in [2.05, 4.69) is 29.5 Å². The van der Waals surface area contributed by atoms with E-state index in [9.17, 15) is 4.39 Å². The molecular weight excluding hydrogens is 229 g/mol. The van der Waals surface area contributed by atoms with Crippen molar-refractivity contribution in [3.63, 3.8) is 0 Å². The fourth-order valence-corrected chi connectivity index (χ4v) is 1.54. The minimum Gasteiger partial charge on any atom is -0.357 e. The molecular formula is C14H22FN3. The Bertz CT molecular complexity index is 371. The predicted octanol–water partition coefficient (Wildman–Crippen LogP) is 2.33. The van der Waals surface area contributed by atoms with Gasteiger partial charge in [0, 0.05) is 19.1 Å². The molecule has 0 saturated carbocycles. The van der Waals surface area contributed by atoms with E-state index in [1.165, 1.54) is 12.1 Å². The Morgan fingerprint density at radius 1 is 1.28 bits per heavy atom. The molecule has 3 nitrogen and oxygen atoms in total. The Kier molecular flexibility index (Phi) is 6.19. The summed E-state index contributed by atoms with van der Waals surface area (Å²) in [5, 5.41) is 6.44. The highest BCUT2D eigenvalue weighted by Crippen LogP contribution is 2.03. The number of aliphatic imine (C=N–C) groups is 1. The smallest absolute Gasteiger partial charge is 0.191 e. The maximum absolute atomic E-state index is 12.7. The van der Waals surface area contributed by atoms with Crippen LogP contribution in [0.2, 0.25) is 0 Å². The number of benzene rings is 1. The maximum Gasteiger partial charge on any atom is 0.191 e. The van der Waals surface area contributed by atoms with Crippen molar-refractivity contribution in [2.75, 3.05) is 13.1 Å². The second-order valence-corrected chi connectivity index (χ2v) is 4.44. The second-order valence-electron chi connectivity index (χ2n) is 4.44. The number of hydrogen-bond acceptors (Lipinski definition) is 1. The first-order valence-electron chi connectivity index (χ1n) is 6.41. The van der Waals surface area contributed by atoms with Crippen LogP contribution in [0.4, 0.5) is 4.39 Å². The van der Waals surface area contributed by atoms with Crippen LogP contribution in [0.25, 0.3) is 0 Å². The Hall–Kier alpha value is -1.58. The third-order valence-electron chi connectivity index (χ3n) is 2.35. The monoisotopic (exact) mass is 251 g/mol. The number of guanidine groups is 1. The largest absolute Gasteiger partial charge is 0.357 e. The fourth-order valence-electron chi connectivity index (χ4n) is 1.54. The highest BCUT2D eigenvalue weighted by atomic mass is 19.1. The molecule has 1 aromatic carbocycles. The van der Waals surface area contributed by atoms with Gasteiger partial charge in [0.25, 0.3) is 0 Å². The van der Waals surface area contributed by atoms with Gasteiger partial charge in [-0.2, -0.15) is 0 Å². The maximum atomic E-state index is 12.7. The van der Waals surface area contributed by atoms with Gasteiger partial charge in [-0.15, -0.1) is 0 Å². The molecule has 1 rings (SSSR count).